The Balaban J connectivity index is 1.41. The lowest BCUT2D eigenvalue weighted by Crippen LogP contribution is -2.46. The monoisotopic (exact) mass is 429 g/mol. The Labute approximate surface area is 178 Å². The van der Waals surface area contributed by atoms with Gasteiger partial charge in [-0.3, -0.25) is 24.5 Å². The molecule has 8 nitrogen and oxygen atoms in total. The average Bonchev–Trinajstić information content (AvgIpc) is 3.14. The number of carbonyl (C=O) groups is 4. The van der Waals surface area contributed by atoms with E-state index in [-0.39, 0.29) is 32.0 Å². The molecule has 3 rings (SSSR count). The van der Waals surface area contributed by atoms with E-state index in [2.05, 4.69) is 10.6 Å². The van der Waals surface area contributed by atoms with Gasteiger partial charge in [-0.2, -0.15) is 0 Å². The molecule has 156 valence electrons. The number of nitrogens with zero attached hydrogens (tertiary/aromatic N) is 1. The molecule has 1 saturated heterocycles. The fourth-order valence-electron chi connectivity index (χ4n) is 2.96. The summed E-state index contributed by atoms with van der Waals surface area (Å²) in [5.74, 6) is -3.02. The standard InChI is InChI=1S/C21H20ClN3O5/c22-15-6-8-17(9-7-15)30-11-10-23-20(28)21(29)24-19(27)14-12-18(26)25(13-14)16-4-2-1-3-5-16/h1-9,14H,10-13H2,(H,23,28)(H,24,27,29)/t14-/m1/s1. The fraction of sp³-hybridized carbons (Fsp3) is 0.238. The van der Waals surface area contributed by atoms with E-state index in [9.17, 15) is 19.2 Å². The van der Waals surface area contributed by atoms with Crippen molar-refractivity contribution in [3.63, 3.8) is 0 Å². The van der Waals surface area contributed by atoms with Gasteiger partial charge in [-0.15, -0.1) is 0 Å². The van der Waals surface area contributed by atoms with Crippen molar-refractivity contribution < 1.29 is 23.9 Å². The van der Waals surface area contributed by atoms with Crippen molar-refractivity contribution in [2.24, 2.45) is 5.92 Å². The van der Waals surface area contributed by atoms with E-state index in [4.69, 9.17) is 16.3 Å². The number of rotatable bonds is 6. The number of imide groups is 1. The number of nitrogens with one attached hydrogen (secondary N) is 2. The van der Waals surface area contributed by atoms with E-state index in [1.807, 2.05) is 6.07 Å². The third kappa shape index (κ3) is 5.57. The van der Waals surface area contributed by atoms with Gasteiger partial charge in [0.15, 0.2) is 0 Å². The van der Waals surface area contributed by atoms with E-state index >= 15 is 0 Å². The first-order chi connectivity index (χ1) is 14.4. The zero-order valence-corrected chi connectivity index (χ0v) is 16.7. The van der Waals surface area contributed by atoms with Crippen molar-refractivity contribution in [1.82, 2.24) is 10.6 Å². The molecule has 1 fully saturated rings. The first-order valence-electron chi connectivity index (χ1n) is 9.31. The number of benzene rings is 2. The van der Waals surface area contributed by atoms with Crippen LogP contribution < -0.4 is 20.3 Å². The summed E-state index contributed by atoms with van der Waals surface area (Å²) in [4.78, 5) is 49.8. The number of hydrogen-bond acceptors (Lipinski definition) is 5. The first-order valence-corrected chi connectivity index (χ1v) is 9.68. The van der Waals surface area contributed by atoms with E-state index in [0.717, 1.165) is 0 Å². The van der Waals surface area contributed by atoms with E-state index < -0.39 is 23.6 Å². The van der Waals surface area contributed by atoms with Crippen molar-refractivity contribution in [3.8, 4) is 5.75 Å². The Morgan fingerprint density at radius 3 is 2.43 bits per heavy atom. The molecule has 2 N–H and O–H groups in total. The lowest BCUT2D eigenvalue weighted by Gasteiger charge is -2.16. The fourth-order valence-corrected chi connectivity index (χ4v) is 3.08. The van der Waals surface area contributed by atoms with Gasteiger partial charge < -0.3 is 15.0 Å². The van der Waals surface area contributed by atoms with Crippen LogP contribution in [0.1, 0.15) is 6.42 Å². The molecule has 30 heavy (non-hydrogen) atoms. The summed E-state index contributed by atoms with van der Waals surface area (Å²) in [5, 5.41) is 5.00. The second kappa shape index (κ2) is 9.89. The maximum Gasteiger partial charge on any atom is 0.315 e. The second-order valence-electron chi connectivity index (χ2n) is 6.62. The molecule has 0 spiro atoms. The van der Waals surface area contributed by atoms with Gasteiger partial charge in [0.1, 0.15) is 12.4 Å². The minimum atomic E-state index is -1.07. The number of carbonyl (C=O) groups excluding carboxylic acids is 4. The van der Waals surface area contributed by atoms with Crippen molar-refractivity contribution in [1.29, 1.82) is 0 Å². The SMILES string of the molecule is O=C(NCCOc1ccc(Cl)cc1)C(=O)NC(=O)[C@@H]1CC(=O)N(c2ccccc2)C1. The third-order valence-corrected chi connectivity index (χ3v) is 4.73. The maximum absolute atomic E-state index is 12.3. The van der Waals surface area contributed by atoms with Crippen LogP contribution in [-0.4, -0.2) is 43.3 Å². The molecule has 0 unspecified atom stereocenters. The van der Waals surface area contributed by atoms with Crippen LogP contribution in [0.2, 0.25) is 5.02 Å². The summed E-state index contributed by atoms with van der Waals surface area (Å²) in [6, 6.07) is 15.6. The number of halogens is 1. The van der Waals surface area contributed by atoms with Crippen LogP contribution >= 0.6 is 11.6 Å². The van der Waals surface area contributed by atoms with E-state index in [1.165, 1.54) is 4.90 Å². The Morgan fingerprint density at radius 1 is 1.03 bits per heavy atom. The minimum absolute atomic E-state index is 0.0233. The molecule has 1 aliphatic rings. The van der Waals surface area contributed by atoms with E-state index in [0.29, 0.717) is 16.5 Å². The summed E-state index contributed by atoms with van der Waals surface area (Å²) in [6.45, 7) is 0.364. The molecule has 0 saturated carbocycles. The van der Waals surface area contributed by atoms with Crippen LogP contribution in [0.3, 0.4) is 0 Å². The van der Waals surface area contributed by atoms with Crippen LogP contribution in [0.5, 0.6) is 5.75 Å². The number of anilines is 1. The smallest absolute Gasteiger partial charge is 0.315 e. The van der Waals surface area contributed by atoms with Gasteiger partial charge >= 0.3 is 11.8 Å². The predicted molar refractivity (Wildman–Crippen MR) is 110 cm³/mol. The molecule has 0 radical (unpaired) electrons. The molecule has 0 aliphatic carbocycles. The molecule has 1 aliphatic heterocycles. The highest BCUT2D eigenvalue weighted by Gasteiger charge is 2.36. The van der Waals surface area contributed by atoms with Crippen LogP contribution in [0.15, 0.2) is 54.6 Å². The van der Waals surface area contributed by atoms with Gasteiger partial charge in [0, 0.05) is 23.7 Å². The largest absolute Gasteiger partial charge is 0.492 e. The molecule has 1 atom stereocenters. The molecule has 2 aromatic rings. The Hall–Kier alpha value is -3.39. The van der Waals surface area contributed by atoms with Crippen molar-refractivity contribution >= 4 is 40.9 Å². The Morgan fingerprint density at radius 2 is 1.73 bits per heavy atom. The van der Waals surface area contributed by atoms with Crippen LogP contribution in [0.4, 0.5) is 5.69 Å². The summed E-state index contributed by atoms with van der Waals surface area (Å²) >= 11 is 5.78. The first kappa shape index (κ1) is 21.3. The minimum Gasteiger partial charge on any atom is -0.492 e. The van der Waals surface area contributed by atoms with Crippen molar-refractivity contribution in [2.75, 3.05) is 24.6 Å². The summed E-state index contributed by atoms with van der Waals surface area (Å²) in [7, 11) is 0. The average molecular weight is 430 g/mol. The Bertz CT molecular complexity index is 933. The van der Waals surface area contributed by atoms with Crippen LogP contribution in [-0.2, 0) is 19.2 Å². The molecule has 0 aromatic heterocycles. The number of para-hydroxylation sites is 1. The summed E-state index contributed by atoms with van der Waals surface area (Å²) < 4.78 is 5.40. The van der Waals surface area contributed by atoms with Gasteiger partial charge in [0.2, 0.25) is 11.8 Å². The van der Waals surface area contributed by atoms with Crippen molar-refractivity contribution in [2.45, 2.75) is 6.42 Å². The number of ether oxygens (including phenoxy) is 1. The molecule has 1 heterocycles. The molecule has 0 bridgehead atoms. The van der Waals surface area contributed by atoms with Gasteiger partial charge in [0.25, 0.3) is 0 Å². The molecule has 4 amide bonds. The quantitative estimate of drug-likeness (QED) is 0.535. The number of amides is 4. The summed E-state index contributed by atoms with van der Waals surface area (Å²) in [5.41, 5.74) is 0.683. The third-order valence-electron chi connectivity index (χ3n) is 4.48. The second-order valence-corrected chi connectivity index (χ2v) is 7.05. The van der Waals surface area contributed by atoms with Gasteiger partial charge in [-0.05, 0) is 36.4 Å². The molecule has 9 heteroatoms. The van der Waals surface area contributed by atoms with Crippen molar-refractivity contribution in [3.05, 3.63) is 59.6 Å². The van der Waals surface area contributed by atoms with Crippen LogP contribution in [0.25, 0.3) is 0 Å². The zero-order valence-electron chi connectivity index (χ0n) is 16.0. The summed E-state index contributed by atoms with van der Waals surface area (Å²) in [6.07, 6.45) is -0.0233. The zero-order chi connectivity index (χ0) is 21.5. The highest BCUT2D eigenvalue weighted by Crippen LogP contribution is 2.24. The highest BCUT2D eigenvalue weighted by molar-refractivity contribution is 6.38. The molecule has 2 aromatic carbocycles. The van der Waals surface area contributed by atoms with Gasteiger partial charge in [0.05, 0.1) is 12.5 Å². The van der Waals surface area contributed by atoms with Gasteiger partial charge in [-0.25, -0.2) is 0 Å². The lowest BCUT2D eigenvalue weighted by atomic mass is 10.1. The normalized spacial score (nSPS) is 15.6. The number of hydrogen-bond donors (Lipinski definition) is 2. The van der Waals surface area contributed by atoms with Gasteiger partial charge in [-0.1, -0.05) is 29.8 Å². The Kier molecular flexibility index (Phi) is 7.03. The van der Waals surface area contributed by atoms with Crippen LogP contribution in [0, 0.1) is 5.92 Å². The molecular formula is C21H20ClN3O5. The highest BCUT2D eigenvalue weighted by atomic mass is 35.5. The predicted octanol–water partition coefficient (Wildman–Crippen LogP) is 1.53. The topological polar surface area (TPSA) is 105 Å². The van der Waals surface area contributed by atoms with E-state index in [1.54, 1.807) is 48.5 Å². The lowest BCUT2D eigenvalue weighted by molar-refractivity contribution is -0.143. The maximum atomic E-state index is 12.3. The molecular weight excluding hydrogens is 410 g/mol.